The highest BCUT2D eigenvalue weighted by atomic mass is 16.2. The van der Waals surface area contributed by atoms with Crippen molar-refractivity contribution >= 4 is 23.3 Å². The molecule has 0 saturated carbocycles. The second-order valence-electron chi connectivity index (χ2n) is 5.37. The van der Waals surface area contributed by atoms with Crippen LogP contribution in [0, 0.1) is 6.92 Å². The number of rotatable bonds is 3. The molecule has 2 aromatic rings. The van der Waals surface area contributed by atoms with Crippen LogP contribution in [0.3, 0.4) is 0 Å². The molecule has 1 aromatic heterocycles. The van der Waals surface area contributed by atoms with Gasteiger partial charge in [-0.15, -0.1) is 0 Å². The molecule has 0 aliphatic carbocycles. The van der Waals surface area contributed by atoms with Gasteiger partial charge in [0.25, 0.3) is 0 Å². The number of nitrogens with one attached hydrogen (secondary N) is 2. The molecule has 0 atom stereocenters. The molecular weight excluding hydrogens is 278 g/mol. The van der Waals surface area contributed by atoms with E-state index in [9.17, 15) is 9.59 Å². The first-order valence-corrected chi connectivity index (χ1v) is 7.11. The third kappa shape index (κ3) is 3.91. The molecule has 22 heavy (non-hydrogen) atoms. The first-order valence-electron chi connectivity index (χ1n) is 7.11. The maximum Gasteiger partial charge on any atom is 0.315 e. The quantitative estimate of drug-likeness (QED) is 0.855. The summed E-state index contributed by atoms with van der Waals surface area (Å²) in [5.74, 6) is -0.855. The molecule has 0 saturated heterocycles. The number of aryl methyl sites for hydroxylation is 1. The summed E-state index contributed by atoms with van der Waals surface area (Å²) in [5, 5.41) is 5.12. The number of hydrogen-bond donors (Lipinski definition) is 2. The van der Waals surface area contributed by atoms with Crippen molar-refractivity contribution in [1.29, 1.82) is 0 Å². The maximum absolute atomic E-state index is 12.0. The second kappa shape index (κ2) is 6.85. The standard InChI is InChI=1S/C17H19N3O2/c1-11(2)13-6-4-5-7-14(13)19-16(21)17(22)20-15-9-8-12(3)10-18-15/h4-11H,1-3H3,(H,19,21)(H,18,20,22). The molecular formula is C17H19N3O2. The van der Waals surface area contributed by atoms with E-state index in [0.29, 0.717) is 11.5 Å². The van der Waals surface area contributed by atoms with Gasteiger partial charge in [-0.05, 0) is 36.1 Å². The number of anilines is 2. The molecule has 0 bridgehead atoms. The van der Waals surface area contributed by atoms with Gasteiger partial charge in [0.1, 0.15) is 5.82 Å². The zero-order valence-corrected chi connectivity index (χ0v) is 12.9. The van der Waals surface area contributed by atoms with Gasteiger partial charge in [-0.3, -0.25) is 9.59 Å². The number of carbonyl (C=O) groups is 2. The number of nitrogens with zero attached hydrogens (tertiary/aromatic N) is 1. The number of amides is 2. The average Bonchev–Trinajstić information content (AvgIpc) is 2.49. The average molecular weight is 297 g/mol. The lowest BCUT2D eigenvalue weighted by atomic mass is 10.0. The summed E-state index contributed by atoms with van der Waals surface area (Å²) < 4.78 is 0. The molecule has 0 radical (unpaired) electrons. The Morgan fingerprint density at radius 3 is 2.32 bits per heavy atom. The molecule has 1 heterocycles. The second-order valence-corrected chi connectivity index (χ2v) is 5.37. The fourth-order valence-corrected chi connectivity index (χ4v) is 2.01. The van der Waals surface area contributed by atoms with Gasteiger partial charge in [0.05, 0.1) is 0 Å². The summed E-state index contributed by atoms with van der Waals surface area (Å²) in [6.45, 7) is 5.96. The van der Waals surface area contributed by atoms with Crippen molar-refractivity contribution in [2.75, 3.05) is 10.6 Å². The number of benzene rings is 1. The Balaban J connectivity index is 2.06. The van der Waals surface area contributed by atoms with Crippen molar-refractivity contribution in [2.24, 2.45) is 0 Å². The minimum Gasteiger partial charge on any atom is -0.318 e. The van der Waals surface area contributed by atoms with E-state index in [1.165, 1.54) is 0 Å². The summed E-state index contributed by atoms with van der Waals surface area (Å²) in [7, 11) is 0. The Labute approximate surface area is 129 Å². The van der Waals surface area contributed by atoms with E-state index in [1.54, 1.807) is 18.3 Å². The van der Waals surface area contributed by atoms with Crippen molar-refractivity contribution in [1.82, 2.24) is 4.98 Å². The summed E-state index contributed by atoms with van der Waals surface area (Å²) in [6.07, 6.45) is 1.63. The summed E-state index contributed by atoms with van der Waals surface area (Å²) >= 11 is 0. The third-order valence-corrected chi connectivity index (χ3v) is 3.19. The fourth-order valence-electron chi connectivity index (χ4n) is 2.01. The fraction of sp³-hybridized carbons (Fsp3) is 0.235. The number of pyridine rings is 1. The van der Waals surface area contributed by atoms with Gasteiger partial charge < -0.3 is 10.6 Å². The maximum atomic E-state index is 12.0. The Hall–Kier alpha value is -2.69. The molecule has 2 N–H and O–H groups in total. The molecule has 0 aliphatic rings. The van der Waals surface area contributed by atoms with Crippen LogP contribution in [-0.4, -0.2) is 16.8 Å². The molecule has 2 amide bonds. The SMILES string of the molecule is Cc1ccc(NC(=O)C(=O)Nc2ccccc2C(C)C)nc1. The summed E-state index contributed by atoms with van der Waals surface area (Å²) in [4.78, 5) is 28.0. The van der Waals surface area contributed by atoms with Gasteiger partial charge in [0, 0.05) is 11.9 Å². The number of para-hydroxylation sites is 1. The highest BCUT2D eigenvalue weighted by Crippen LogP contribution is 2.23. The van der Waals surface area contributed by atoms with E-state index in [1.807, 2.05) is 45.0 Å². The molecule has 2 rings (SSSR count). The molecule has 0 fully saturated rings. The lowest BCUT2D eigenvalue weighted by Gasteiger charge is -2.13. The van der Waals surface area contributed by atoms with Crippen molar-refractivity contribution in [3.8, 4) is 0 Å². The van der Waals surface area contributed by atoms with Crippen molar-refractivity contribution < 1.29 is 9.59 Å². The molecule has 114 valence electrons. The van der Waals surface area contributed by atoms with Crippen LogP contribution in [0.2, 0.25) is 0 Å². The largest absolute Gasteiger partial charge is 0.318 e. The van der Waals surface area contributed by atoms with Gasteiger partial charge in [-0.25, -0.2) is 4.98 Å². The molecule has 0 aliphatic heterocycles. The highest BCUT2D eigenvalue weighted by molar-refractivity contribution is 6.43. The van der Waals surface area contributed by atoms with Crippen LogP contribution in [0.5, 0.6) is 0 Å². The monoisotopic (exact) mass is 297 g/mol. The number of carbonyl (C=O) groups excluding carboxylic acids is 2. The van der Waals surface area contributed by atoms with Crippen LogP contribution in [-0.2, 0) is 9.59 Å². The predicted molar refractivity (Wildman–Crippen MR) is 86.8 cm³/mol. The Morgan fingerprint density at radius 2 is 1.68 bits per heavy atom. The summed E-state index contributed by atoms with van der Waals surface area (Å²) in [6, 6.07) is 10.9. The number of aromatic nitrogens is 1. The van der Waals surface area contributed by atoms with Crippen molar-refractivity contribution in [3.63, 3.8) is 0 Å². The zero-order chi connectivity index (χ0) is 16.1. The van der Waals surface area contributed by atoms with Gasteiger partial charge in [0.2, 0.25) is 0 Å². The zero-order valence-electron chi connectivity index (χ0n) is 12.9. The molecule has 0 unspecified atom stereocenters. The van der Waals surface area contributed by atoms with Gasteiger partial charge in [-0.1, -0.05) is 38.1 Å². The van der Waals surface area contributed by atoms with Crippen LogP contribution in [0.1, 0.15) is 30.9 Å². The van der Waals surface area contributed by atoms with Crippen LogP contribution < -0.4 is 10.6 Å². The molecule has 5 heteroatoms. The van der Waals surface area contributed by atoms with Gasteiger partial charge in [0.15, 0.2) is 0 Å². The third-order valence-electron chi connectivity index (χ3n) is 3.19. The van der Waals surface area contributed by atoms with E-state index in [2.05, 4.69) is 15.6 Å². The summed E-state index contributed by atoms with van der Waals surface area (Å²) in [5.41, 5.74) is 2.61. The van der Waals surface area contributed by atoms with E-state index in [0.717, 1.165) is 11.1 Å². The normalized spacial score (nSPS) is 10.4. The number of hydrogen-bond acceptors (Lipinski definition) is 3. The molecule has 1 aromatic carbocycles. The van der Waals surface area contributed by atoms with Crippen LogP contribution in [0.15, 0.2) is 42.6 Å². The van der Waals surface area contributed by atoms with Crippen molar-refractivity contribution in [3.05, 3.63) is 53.7 Å². The Bertz CT molecular complexity index is 679. The first kappa shape index (κ1) is 15.7. The lowest BCUT2D eigenvalue weighted by Crippen LogP contribution is -2.29. The smallest absolute Gasteiger partial charge is 0.315 e. The first-order chi connectivity index (χ1) is 10.5. The van der Waals surface area contributed by atoms with E-state index < -0.39 is 11.8 Å². The minimum absolute atomic E-state index is 0.248. The van der Waals surface area contributed by atoms with Crippen LogP contribution in [0.4, 0.5) is 11.5 Å². The van der Waals surface area contributed by atoms with Crippen LogP contribution >= 0.6 is 0 Å². The Kier molecular flexibility index (Phi) is 4.88. The topological polar surface area (TPSA) is 71.1 Å². The van der Waals surface area contributed by atoms with E-state index >= 15 is 0 Å². The predicted octanol–water partition coefficient (Wildman–Crippen LogP) is 3.09. The molecule has 5 nitrogen and oxygen atoms in total. The highest BCUT2D eigenvalue weighted by Gasteiger charge is 2.16. The molecule has 0 spiro atoms. The Morgan fingerprint density at radius 1 is 1.00 bits per heavy atom. The van der Waals surface area contributed by atoms with Crippen molar-refractivity contribution in [2.45, 2.75) is 26.7 Å². The van der Waals surface area contributed by atoms with Gasteiger partial charge >= 0.3 is 11.8 Å². The van der Waals surface area contributed by atoms with Crippen LogP contribution in [0.25, 0.3) is 0 Å². The minimum atomic E-state index is -0.741. The van der Waals surface area contributed by atoms with Gasteiger partial charge in [-0.2, -0.15) is 0 Å². The lowest BCUT2D eigenvalue weighted by molar-refractivity contribution is -0.133. The van der Waals surface area contributed by atoms with E-state index in [4.69, 9.17) is 0 Å². The van der Waals surface area contributed by atoms with E-state index in [-0.39, 0.29) is 5.92 Å².